The van der Waals surface area contributed by atoms with Crippen molar-refractivity contribution in [2.75, 3.05) is 12.9 Å². The van der Waals surface area contributed by atoms with E-state index in [1.807, 2.05) is 0 Å². The Kier molecular flexibility index (Phi) is 3.69. The summed E-state index contributed by atoms with van der Waals surface area (Å²) < 4.78 is 33.2. The molecule has 1 aromatic carbocycles. The van der Waals surface area contributed by atoms with Gasteiger partial charge in [-0.2, -0.15) is 0 Å². The van der Waals surface area contributed by atoms with E-state index in [0.717, 1.165) is 12.8 Å². The van der Waals surface area contributed by atoms with Crippen molar-refractivity contribution in [2.45, 2.75) is 30.4 Å². The zero-order valence-corrected chi connectivity index (χ0v) is 11.8. The van der Waals surface area contributed by atoms with Crippen LogP contribution in [0, 0.1) is 11.6 Å². The van der Waals surface area contributed by atoms with Crippen molar-refractivity contribution < 1.29 is 18.3 Å². The van der Waals surface area contributed by atoms with Crippen LogP contribution in [0.1, 0.15) is 23.8 Å². The molecule has 1 aliphatic heterocycles. The van der Waals surface area contributed by atoms with Crippen LogP contribution in [-0.4, -0.2) is 35.8 Å². The number of hydrogen-bond acceptors (Lipinski definition) is 3. The van der Waals surface area contributed by atoms with Crippen molar-refractivity contribution in [3.63, 3.8) is 0 Å². The summed E-state index contributed by atoms with van der Waals surface area (Å²) in [5.74, 6) is -1.02. The Morgan fingerprint density at radius 2 is 2.00 bits per heavy atom. The molecule has 6 heteroatoms. The molecular formula is C14H15F2NO2S. The zero-order chi connectivity index (χ0) is 14.3. The molecule has 3 unspecified atom stereocenters. The molecule has 1 heterocycles. The molecule has 3 atom stereocenters. The monoisotopic (exact) mass is 299 g/mol. The molecule has 3 rings (SSSR count). The summed E-state index contributed by atoms with van der Waals surface area (Å²) in [6.07, 6.45) is 1.66. The van der Waals surface area contributed by atoms with Crippen molar-refractivity contribution in [3.05, 3.63) is 35.4 Å². The van der Waals surface area contributed by atoms with Crippen LogP contribution < -0.4 is 0 Å². The average Bonchev–Trinajstić information content (AvgIpc) is 2.72. The average molecular weight is 299 g/mol. The normalized spacial score (nSPS) is 29.6. The molecule has 0 aromatic heterocycles. The maximum absolute atomic E-state index is 13.9. The fraction of sp³-hybridized carbons (Fsp3) is 0.500. The minimum atomic E-state index is -0.601. The molecule has 0 N–H and O–H groups in total. The summed E-state index contributed by atoms with van der Waals surface area (Å²) in [5, 5.41) is -0.591. The first-order valence-corrected chi connectivity index (χ1v) is 7.58. The number of halogens is 2. The largest absolute Gasteiger partial charge is 0.379 e. The van der Waals surface area contributed by atoms with Crippen molar-refractivity contribution in [3.8, 4) is 0 Å². The van der Waals surface area contributed by atoms with Gasteiger partial charge in [0.1, 0.15) is 17.0 Å². The van der Waals surface area contributed by atoms with Crippen LogP contribution in [0.3, 0.4) is 0 Å². The van der Waals surface area contributed by atoms with Crippen LogP contribution in [0.2, 0.25) is 0 Å². The fourth-order valence-electron chi connectivity index (χ4n) is 2.81. The third kappa shape index (κ3) is 2.11. The molecule has 2 aliphatic rings. The van der Waals surface area contributed by atoms with E-state index >= 15 is 0 Å². The van der Waals surface area contributed by atoms with Gasteiger partial charge in [0.15, 0.2) is 0 Å². The van der Waals surface area contributed by atoms with Gasteiger partial charge in [0, 0.05) is 7.11 Å². The molecule has 2 fully saturated rings. The molecule has 1 aromatic rings. The first-order chi connectivity index (χ1) is 9.63. The van der Waals surface area contributed by atoms with Gasteiger partial charge in [-0.25, -0.2) is 8.78 Å². The Hall–Kier alpha value is -1.14. The van der Waals surface area contributed by atoms with E-state index < -0.39 is 17.0 Å². The Morgan fingerprint density at radius 1 is 1.30 bits per heavy atom. The summed E-state index contributed by atoms with van der Waals surface area (Å²) in [7, 11) is 1.60. The van der Waals surface area contributed by atoms with E-state index in [2.05, 4.69) is 0 Å². The van der Waals surface area contributed by atoms with Crippen molar-refractivity contribution >= 4 is 17.7 Å². The van der Waals surface area contributed by atoms with Crippen LogP contribution in [0.25, 0.3) is 0 Å². The van der Waals surface area contributed by atoms with E-state index in [1.165, 1.54) is 30.0 Å². The lowest BCUT2D eigenvalue weighted by atomic mass is 9.87. The Bertz CT molecular complexity index is 518. The first kappa shape index (κ1) is 13.8. The third-order valence-corrected chi connectivity index (χ3v) is 5.18. The third-order valence-electron chi connectivity index (χ3n) is 3.99. The Balaban J connectivity index is 1.94. The van der Waals surface area contributed by atoms with Crippen molar-refractivity contribution in [2.24, 2.45) is 0 Å². The lowest BCUT2D eigenvalue weighted by Gasteiger charge is -2.43. The maximum Gasteiger partial charge on any atom is 0.234 e. The van der Waals surface area contributed by atoms with Crippen LogP contribution >= 0.6 is 11.8 Å². The van der Waals surface area contributed by atoms with Crippen molar-refractivity contribution in [1.82, 2.24) is 4.90 Å². The lowest BCUT2D eigenvalue weighted by molar-refractivity contribution is -0.139. The SMILES string of the molecule is COC1CCC1N1C(=O)CSC1c1c(F)cccc1F. The van der Waals surface area contributed by atoms with Crippen LogP contribution in [0.5, 0.6) is 0 Å². The standard InChI is InChI=1S/C14H15F2NO2S/c1-19-11-6-5-10(11)17-12(18)7-20-14(17)13-8(15)3-2-4-9(13)16/h2-4,10-11,14H,5-7H2,1H3. The highest BCUT2D eigenvalue weighted by atomic mass is 32.2. The van der Waals surface area contributed by atoms with Gasteiger partial charge in [-0.05, 0) is 25.0 Å². The molecule has 0 spiro atoms. The number of rotatable bonds is 3. The predicted octanol–water partition coefficient (Wildman–Crippen LogP) is 2.72. The summed E-state index contributed by atoms with van der Waals surface area (Å²) in [6.45, 7) is 0. The van der Waals surface area contributed by atoms with Crippen molar-refractivity contribution in [1.29, 1.82) is 0 Å². The summed E-state index contributed by atoms with van der Waals surface area (Å²) in [5.41, 5.74) is -0.0231. The highest BCUT2D eigenvalue weighted by Gasteiger charge is 2.46. The van der Waals surface area contributed by atoms with Gasteiger partial charge in [0.2, 0.25) is 5.91 Å². The van der Waals surface area contributed by atoms with Gasteiger partial charge in [-0.3, -0.25) is 4.79 Å². The van der Waals surface area contributed by atoms with Gasteiger partial charge in [-0.15, -0.1) is 11.8 Å². The Labute approximate surface area is 120 Å². The first-order valence-electron chi connectivity index (χ1n) is 6.53. The van der Waals surface area contributed by atoms with Gasteiger partial charge in [-0.1, -0.05) is 6.07 Å². The lowest BCUT2D eigenvalue weighted by Crippen LogP contribution is -2.52. The number of thioether (sulfide) groups is 1. The topological polar surface area (TPSA) is 29.5 Å². The van der Waals surface area contributed by atoms with E-state index in [1.54, 1.807) is 12.0 Å². The smallest absolute Gasteiger partial charge is 0.234 e. The number of carbonyl (C=O) groups is 1. The number of nitrogens with zero attached hydrogens (tertiary/aromatic N) is 1. The molecule has 1 saturated carbocycles. The maximum atomic E-state index is 13.9. The van der Waals surface area contributed by atoms with E-state index in [0.29, 0.717) is 0 Å². The van der Waals surface area contributed by atoms with Crippen LogP contribution in [0.4, 0.5) is 8.78 Å². The van der Waals surface area contributed by atoms with E-state index in [9.17, 15) is 13.6 Å². The summed E-state index contributed by atoms with van der Waals surface area (Å²) in [4.78, 5) is 13.7. The number of benzene rings is 1. The molecule has 1 aliphatic carbocycles. The van der Waals surface area contributed by atoms with E-state index in [4.69, 9.17) is 4.74 Å². The van der Waals surface area contributed by atoms with Crippen LogP contribution in [-0.2, 0) is 9.53 Å². The number of carbonyl (C=O) groups excluding carboxylic acids is 1. The molecule has 0 bridgehead atoms. The molecule has 108 valence electrons. The number of ether oxygens (including phenoxy) is 1. The molecule has 20 heavy (non-hydrogen) atoms. The molecule has 1 amide bonds. The molecule has 1 saturated heterocycles. The highest BCUT2D eigenvalue weighted by molar-refractivity contribution is 8.00. The molecule has 0 radical (unpaired) electrons. The minimum absolute atomic E-state index is 0.0231. The van der Waals surface area contributed by atoms with Gasteiger partial charge in [0.25, 0.3) is 0 Å². The predicted molar refractivity (Wildman–Crippen MR) is 72.2 cm³/mol. The fourth-order valence-corrected chi connectivity index (χ4v) is 4.08. The minimum Gasteiger partial charge on any atom is -0.379 e. The second-order valence-corrected chi connectivity index (χ2v) is 6.09. The molecule has 3 nitrogen and oxygen atoms in total. The number of amides is 1. The number of hydrogen-bond donors (Lipinski definition) is 0. The second-order valence-electron chi connectivity index (χ2n) is 5.02. The van der Waals surface area contributed by atoms with E-state index in [-0.39, 0.29) is 29.4 Å². The highest BCUT2D eigenvalue weighted by Crippen LogP contribution is 2.45. The molecular weight excluding hydrogens is 284 g/mol. The van der Waals surface area contributed by atoms with Gasteiger partial charge >= 0.3 is 0 Å². The Morgan fingerprint density at radius 3 is 2.55 bits per heavy atom. The number of methoxy groups -OCH3 is 1. The van der Waals surface area contributed by atoms with Gasteiger partial charge < -0.3 is 9.64 Å². The summed E-state index contributed by atoms with van der Waals surface area (Å²) in [6, 6.07) is 3.72. The summed E-state index contributed by atoms with van der Waals surface area (Å²) >= 11 is 1.27. The van der Waals surface area contributed by atoms with Gasteiger partial charge in [0.05, 0.1) is 23.5 Å². The zero-order valence-electron chi connectivity index (χ0n) is 11.0. The second kappa shape index (κ2) is 5.33. The quantitative estimate of drug-likeness (QED) is 0.859. The van der Waals surface area contributed by atoms with Crippen LogP contribution in [0.15, 0.2) is 18.2 Å².